The molecule has 0 spiro atoms. The summed E-state index contributed by atoms with van der Waals surface area (Å²) in [6, 6.07) is 0. The van der Waals surface area contributed by atoms with Gasteiger partial charge in [-0.2, -0.15) is 0 Å². The predicted octanol–water partition coefficient (Wildman–Crippen LogP) is 1.58. The van der Waals surface area contributed by atoms with E-state index in [0.717, 1.165) is 25.9 Å². The Hall–Kier alpha value is -0.520. The van der Waals surface area contributed by atoms with Gasteiger partial charge in [0.1, 0.15) is 6.61 Å². The van der Waals surface area contributed by atoms with E-state index in [0.29, 0.717) is 13.2 Å². The molecule has 0 unspecified atom stereocenters. The van der Waals surface area contributed by atoms with Crippen molar-refractivity contribution in [2.24, 2.45) is 0 Å². The summed E-state index contributed by atoms with van der Waals surface area (Å²) in [5.41, 5.74) is 0. The van der Waals surface area contributed by atoms with Gasteiger partial charge >= 0.3 is 0 Å². The van der Waals surface area contributed by atoms with E-state index in [1.165, 1.54) is 12.8 Å². The third kappa shape index (κ3) is 9.48. The molecule has 2 heteroatoms. The quantitative estimate of drug-likeness (QED) is 0.442. The summed E-state index contributed by atoms with van der Waals surface area (Å²) < 4.78 is 5.10. The first-order valence-corrected chi connectivity index (χ1v) is 4.54. The van der Waals surface area contributed by atoms with E-state index in [1.807, 2.05) is 0 Å². The standard InChI is InChI=1S/C10H18O2/c1-2-9-12-10-7-5-3-4-6-8-11/h1,11H,3-10H2. The third-order valence-electron chi connectivity index (χ3n) is 1.63. The SMILES string of the molecule is C#CCOCCCCCCCO. The Balaban J connectivity index is 2.78. The van der Waals surface area contributed by atoms with Crippen LogP contribution in [0.1, 0.15) is 32.1 Å². The van der Waals surface area contributed by atoms with Crippen LogP contribution in [0.3, 0.4) is 0 Å². The number of unbranched alkanes of at least 4 members (excludes halogenated alkanes) is 4. The van der Waals surface area contributed by atoms with Crippen LogP contribution in [-0.2, 0) is 4.74 Å². The molecule has 0 aromatic heterocycles. The first kappa shape index (κ1) is 11.5. The molecule has 12 heavy (non-hydrogen) atoms. The largest absolute Gasteiger partial charge is 0.396 e. The molecule has 0 atom stereocenters. The van der Waals surface area contributed by atoms with Gasteiger partial charge in [0.2, 0.25) is 0 Å². The van der Waals surface area contributed by atoms with Crippen LogP contribution in [0.4, 0.5) is 0 Å². The summed E-state index contributed by atoms with van der Waals surface area (Å²) in [7, 11) is 0. The highest BCUT2D eigenvalue weighted by molar-refractivity contribution is 4.82. The van der Waals surface area contributed by atoms with Crippen LogP contribution in [0.2, 0.25) is 0 Å². The smallest absolute Gasteiger partial charge is 0.107 e. The molecule has 0 amide bonds. The molecule has 0 aliphatic heterocycles. The van der Waals surface area contributed by atoms with Gasteiger partial charge in [-0.15, -0.1) is 6.42 Å². The van der Waals surface area contributed by atoms with Gasteiger partial charge in [0, 0.05) is 13.2 Å². The highest BCUT2D eigenvalue weighted by Crippen LogP contribution is 2.02. The fourth-order valence-electron chi connectivity index (χ4n) is 0.977. The molecular formula is C10H18O2. The number of aliphatic hydroxyl groups is 1. The van der Waals surface area contributed by atoms with Gasteiger partial charge in [0.25, 0.3) is 0 Å². The highest BCUT2D eigenvalue weighted by atomic mass is 16.5. The van der Waals surface area contributed by atoms with E-state index in [9.17, 15) is 0 Å². The van der Waals surface area contributed by atoms with Crippen LogP contribution in [0.15, 0.2) is 0 Å². The molecule has 0 rings (SSSR count). The fourth-order valence-corrected chi connectivity index (χ4v) is 0.977. The van der Waals surface area contributed by atoms with Crippen molar-refractivity contribution in [1.29, 1.82) is 0 Å². The van der Waals surface area contributed by atoms with Crippen LogP contribution in [0.25, 0.3) is 0 Å². The second-order valence-electron chi connectivity index (χ2n) is 2.75. The van der Waals surface area contributed by atoms with Crippen molar-refractivity contribution in [3.05, 3.63) is 0 Å². The van der Waals surface area contributed by atoms with Crippen molar-refractivity contribution >= 4 is 0 Å². The van der Waals surface area contributed by atoms with E-state index in [1.54, 1.807) is 0 Å². The third-order valence-corrected chi connectivity index (χ3v) is 1.63. The number of rotatable bonds is 8. The van der Waals surface area contributed by atoms with E-state index in [-0.39, 0.29) is 0 Å². The monoisotopic (exact) mass is 170 g/mol. The summed E-state index contributed by atoms with van der Waals surface area (Å²) >= 11 is 0. The first-order valence-electron chi connectivity index (χ1n) is 4.54. The number of ether oxygens (including phenoxy) is 1. The summed E-state index contributed by atoms with van der Waals surface area (Å²) in [5.74, 6) is 2.42. The van der Waals surface area contributed by atoms with Gasteiger partial charge in [-0.25, -0.2) is 0 Å². The van der Waals surface area contributed by atoms with Crippen molar-refractivity contribution in [2.75, 3.05) is 19.8 Å². The van der Waals surface area contributed by atoms with Crippen LogP contribution in [0, 0.1) is 12.3 Å². The Labute approximate surface area is 74.9 Å². The van der Waals surface area contributed by atoms with E-state index in [4.69, 9.17) is 16.3 Å². The minimum Gasteiger partial charge on any atom is -0.396 e. The minimum atomic E-state index is 0.313. The molecule has 0 aromatic rings. The zero-order valence-electron chi connectivity index (χ0n) is 7.59. The number of hydrogen-bond acceptors (Lipinski definition) is 2. The highest BCUT2D eigenvalue weighted by Gasteiger charge is 1.89. The Morgan fingerprint density at radius 3 is 2.42 bits per heavy atom. The van der Waals surface area contributed by atoms with Crippen LogP contribution in [0.5, 0.6) is 0 Å². The van der Waals surface area contributed by atoms with Gasteiger partial charge in [0.05, 0.1) is 0 Å². The molecule has 1 N–H and O–H groups in total. The van der Waals surface area contributed by atoms with Gasteiger partial charge in [-0.05, 0) is 12.8 Å². The zero-order valence-corrected chi connectivity index (χ0v) is 7.59. The van der Waals surface area contributed by atoms with E-state index < -0.39 is 0 Å². The van der Waals surface area contributed by atoms with Crippen molar-refractivity contribution in [2.45, 2.75) is 32.1 Å². The van der Waals surface area contributed by atoms with Gasteiger partial charge in [-0.3, -0.25) is 0 Å². The first-order chi connectivity index (χ1) is 5.91. The average Bonchev–Trinajstić information content (AvgIpc) is 2.10. The average molecular weight is 170 g/mol. The molecule has 70 valence electrons. The van der Waals surface area contributed by atoms with Crippen LogP contribution >= 0.6 is 0 Å². The lowest BCUT2D eigenvalue weighted by Gasteiger charge is -2.00. The zero-order chi connectivity index (χ0) is 9.07. The van der Waals surface area contributed by atoms with Crippen molar-refractivity contribution in [3.63, 3.8) is 0 Å². The second kappa shape index (κ2) is 10.5. The lowest BCUT2D eigenvalue weighted by Crippen LogP contribution is -1.94. The Morgan fingerprint density at radius 2 is 1.75 bits per heavy atom. The summed E-state index contributed by atoms with van der Waals surface area (Å²) in [6.07, 6.45) is 10.5. The molecule has 0 heterocycles. The molecule has 0 aromatic carbocycles. The molecular weight excluding hydrogens is 152 g/mol. The molecule has 0 radical (unpaired) electrons. The summed E-state index contributed by atoms with van der Waals surface area (Å²) in [6.45, 7) is 1.51. The topological polar surface area (TPSA) is 29.5 Å². The Bertz CT molecular complexity index is 115. The van der Waals surface area contributed by atoms with Crippen LogP contribution in [-0.4, -0.2) is 24.9 Å². The lowest BCUT2D eigenvalue weighted by atomic mass is 10.1. The van der Waals surface area contributed by atoms with Gasteiger partial charge < -0.3 is 9.84 Å². The minimum absolute atomic E-state index is 0.313. The fraction of sp³-hybridized carbons (Fsp3) is 0.800. The predicted molar refractivity (Wildman–Crippen MR) is 49.8 cm³/mol. The number of aliphatic hydroxyl groups excluding tert-OH is 1. The summed E-state index contributed by atoms with van der Waals surface area (Å²) in [5, 5.41) is 8.49. The Kier molecular flexibility index (Phi) is 10.0. The van der Waals surface area contributed by atoms with E-state index in [2.05, 4.69) is 5.92 Å². The normalized spacial score (nSPS) is 9.67. The molecule has 0 aliphatic rings. The maximum Gasteiger partial charge on any atom is 0.107 e. The maximum absolute atomic E-state index is 8.49. The summed E-state index contributed by atoms with van der Waals surface area (Å²) in [4.78, 5) is 0. The lowest BCUT2D eigenvalue weighted by molar-refractivity contribution is 0.161. The van der Waals surface area contributed by atoms with Crippen molar-refractivity contribution in [3.8, 4) is 12.3 Å². The number of hydrogen-bond donors (Lipinski definition) is 1. The van der Waals surface area contributed by atoms with Crippen molar-refractivity contribution < 1.29 is 9.84 Å². The van der Waals surface area contributed by atoms with E-state index >= 15 is 0 Å². The second-order valence-corrected chi connectivity index (χ2v) is 2.75. The van der Waals surface area contributed by atoms with Crippen molar-refractivity contribution in [1.82, 2.24) is 0 Å². The maximum atomic E-state index is 8.49. The molecule has 2 nitrogen and oxygen atoms in total. The molecule has 0 fully saturated rings. The van der Waals surface area contributed by atoms with Gasteiger partial charge in [0.15, 0.2) is 0 Å². The molecule has 0 aliphatic carbocycles. The number of terminal acetylenes is 1. The molecule has 0 saturated carbocycles. The molecule has 0 bridgehead atoms. The Morgan fingerprint density at radius 1 is 1.08 bits per heavy atom. The van der Waals surface area contributed by atoms with Gasteiger partial charge in [-0.1, -0.05) is 25.2 Å². The van der Waals surface area contributed by atoms with Crippen LogP contribution < -0.4 is 0 Å². The molecule has 0 saturated heterocycles.